The predicted octanol–water partition coefficient (Wildman–Crippen LogP) is 1.89. The van der Waals surface area contributed by atoms with Crippen molar-refractivity contribution in [2.75, 3.05) is 19.6 Å². The molecule has 1 saturated heterocycles. The fraction of sp³-hybridized carbons (Fsp3) is 0.526. The van der Waals surface area contributed by atoms with Crippen molar-refractivity contribution in [3.8, 4) is 0 Å². The normalized spacial score (nSPS) is 22.3. The van der Waals surface area contributed by atoms with Crippen molar-refractivity contribution >= 4 is 16.2 Å². The second-order valence-electron chi connectivity index (χ2n) is 7.83. The molecule has 1 aromatic carbocycles. The number of azide groups is 1. The largest absolute Gasteiger partial charge is 0.460 e. The Balaban J connectivity index is 2.27. The maximum absolute atomic E-state index is 13.0. The highest BCUT2D eigenvalue weighted by Crippen LogP contribution is 2.37. The zero-order chi connectivity index (χ0) is 22.4. The van der Waals surface area contributed by atoms with Crippen LogP contribution in [-0.4, -0.2) is 54.6 Å². The van der Waals surface area contributed by atoms with Gasteiger partial charge in [0.25, 0.3) is 10.2 Å². The lowest BCUT2D eigenvalue weighted by atomic mass is 9.85. The van der Waals surface area contributed by atoms with Crippen LogP contribution in [0.25, 0.3) is 10.4 Å². The number of rotatable bonds is 10. The molecule has 2 rings (SSSR count). The number of ether oxygens (including phenoxy) is 1. The molecule has 2 N–H and O–H groups in total. The van der Waals surface area contributed by atoms with Crippen LogP contribution in [0.4, 0.5) is 0 Å². The average Bonchev–Trinajstić information content (AvgIpc) is 3.06. The predicted molar refractivity (Wildman–Crippen MR) is 111 cm³/mol. The Morgan fingerprint density at radius 2 is 2.17 bits per heavy atom. The summed E-state index contributed by atoms with van der Waals surface area (Å²) in [6.07, 6.45) is 1.79. The minimum Gasteiger partial charge on any atom is -0.460 e. The number of carbonyl (C=O) groups excluding carboxylic acids is 1. The van der Waals surface area contributed by atoms with E-state index in [9.17, 15) is 18.3 Å². The molecule has 1 aromatic rings. The molecule has 1 aliphatic heterocycles. The summed E-state index contributed by atoms with van der Waals surface area (Å²) in [5, 5.41) is 13.5. The SMILES string of the molecule is C=CC[C@@H]1CN(S(=O)(=O)NCC(C)(C)O)C[C@]1(N=[N+]=[N-])C(=O)OCc1ccccc1. The van der Waals surface area contributed by atoms with Crippen molar-refractivity contribution in [3.63, 3.8) is 0 Å². The van der Waals surface area contributed by atoms with Gasteiger partial charge in [0.15, 0.2) is 5.54 Å². The summed E-state index contributed by atoms with van der Waals surface area (Å²) in [5.41, 5.74) is 6.88. The Hall–Kier alpha value is -2.43. The van der Waals surface area contributed by atoms with E-state index in [4.69, 9.17) is 10.3 Å². The molecule has 30 heavy (non-hydrogen) atoms. The molecule has 1 aliphatic rings. The Morgan fingerprint density at radius 1 is 1.50 bits per heavy atom. The fourth-order valence-corrected chi connectivity index (χ4v) is 4.65. The lowest BCUT2D eigenvalue weighted by Gasteiger charge is -2.27. The molecule has 11 heteroatoms. The second-order valence-corrected chi connectivity index (χ2v) is 9.58. The van der Waals surface area contributed by atoms with Crippen LogP contribution in [-0.2, 0) is 26.3 Å². The molecule has 0 unspecified atom stereocenters. The van der Waals surface area contributed by atoms with Crippen LogP contribution >= 0.6 is 0 Å². The molecule has 0 spiro atoms. The molecule has 0 radical (unpaired) electrons. The second kappa shape index (κ2) is 9.59. The number of benzene rings is 1. The van der Waals surface area contributed by atoms with Crippen LogP contribution in [0.2, 0.25) is 0 Å². The lowest BCUT2D eigenvalue weighted by molar-refractivity contribution is -0.152. The number of nitrogens with zero attached hydrogens (tertiary/aromatic N) is 4. The van der Waals surface area contributed by atoms with Gasteiger partial charge >= 0.3 is 5.97 Å². The van der Waals surface area contributed by atoms with Gasteiger partial charge in [-0.3, -0.25) is 4.79 Å². The molecule has 0 aliphatic carbocycles. The first kappa shape index (κ1) is 23.8. The van der Waals surface area contributed by atoms with E-state index < -0.39 is 33.2 Å². The summed E-state index contributed by atoms with van der Waals surface area (Å²) in [4.78, 5) is 15.8. The minimum absolute atomic E-state index is 0.0348. The Morgan fingerprint density at radius 3 is 2.73 bits per heavy atom. The molecule has 164 valence electrons. The van der Waals surface area contributed by atoms with Gasteiger partial charge in [-0.05, 0) is 37.3 Å². The van der Waals surface area contributed by atoms with Crippen molar-refractivity contribution in [2.45, 2.75) is 38.0 Å². The van der Waals surface area contributed by atoms with E-state index >= 15 is 0 Å². The first-order valence-electron chi connectivity index (χ1n) is 9.39. The van der Waals surface area contributed by atoms with Crippen LogP contribution in [0.1, 0.15) is 25.8 Å². The Kier molecular flexibility index (Phi) is 7.62. The number of esters is 1. The van der Waals surface area contributed by atoms with E-state index in [0.29, 0.717) is 0 Å². The molecule has 0 saturated carbocycles. The maximum Gasteiger partial charge on any atom is 0.320 e. The van der Waals surface area contributed by atoms with E-state index in [1.807, 2.05) is 6.07 Å². The number of carbonyl (C=O) groups is 1. The molecular formula is C19H27N5O5S. The molecular weight excluding hydrogens is 410 g/mol. The molecule has 0 bridgehead atoms. The zero-order valence-corrected chi connectivity index (χ0v) is 17.9. The van der Waals surface area contributed by atoms with Gasteiger partial charge in [-0.1, -0.05) is 41.5 Å². The van der Waals surface area contributed by atoms with Crippen molar-refractivity contribution in [3.05, 3.63) is 59.0 Å². The van der Waals surface area contributed by atoms with Crippen molar-refractivity contribution in [1.82, 2.24) is 9.03 Å². The number of allylic oxidation sites excluding steroid dienone is 1. The van der Waals surface area contributed by atoms with E-state index in [0.717, 1.165) is 9.87 Å². The third kappa shape index (κ3) is 5.80. The van der Waals surface area contributed by atoms with Crippen LogP contribution < -0.4 is 4.72 Å². The monoisotopic (exact) mass is 437 g/mol. The standard InChI is InChI=1S/C19H27N5O5S/c1-4-8-16-11-24(30(27,28)21-13-18(2,3)26)14-19(16,22-23-20)17(25)29-12-15-9-6-5-7-10-15/h4-7,9-10,16,21,26H,1,8,11-14H2,2-3H3/t16-,19-/m1/s1. The van der Waals surface area contributed by atoms with Crippen LogP contribution in [0.5, 0.6) is 0 Å². The highest BCUT2D eigenvalue weighted by atomic mass is 32.2. The first-order chi connectivity index (χ1) is 14.0. The van der Waals surface area contributed by atoms with Gasteiger partial charge in [-0.25, -0.2) is 0 Å². The third-order valence-electron chi connectivity index (χ3n) is 4.78. The van der Waals surface area contributed by atoms with Gasteiger partial charge in [0, 0.05) is 24.5 Å². The topological polar surface area (TPSA) is 145 Å². The molecule has 0 aromatic heterocycles. The van der Waals surface area contributed by atoms with Crippen LogP contribution in [0, 0.1) is 5.92 Å². The molecule has 0 amide bonds. The smallest absolute Gasteiger partial charge is 0.320 e. The summed E-state index contributed by atoms with van der Waals surface area (Å²) in [5.74, 6) is -1.44. The van der Waals surface area contributed by atoms with Gasteiger partial charge in [0.05, 0.1) is 5.60 Å². The van der Waals surface area contributed by atoms with Crippen molar-refractivity contribution in [2.24, 2.45) is 11.0 Å². The Labute approximate surface area is 176 Å². The van der Waals surface area contributed by atoms with Gasteiger partial charge in [0.2, 0.25) is 0 Å². The third-order valence-corrected chi connectivity index (χ3v) is 6.25. The first-order valence-corrected chi connectivity index (χ1v) is 10.8. The summed E-state index contributed by atoms with van der Waals surface area (Å²) in [6, 6.07) is 8.98. The van der Waals surface area contributed by atoms with E-state index in [1.165, 1.54) is 19.9 Å². The number of hydrogen-bond donors (Lipinski definition) is 2. The average molecular weight is 438 g/mol. The van der Waals surface area contributed by atoms with Gasteiger partial charge in [-0.2, -0.15) is 17.4 Å². The van der Waals surface area contributed by atoms with E-state index in [-0.39, 0.29) is 32.7 Å². The van der Waals surface area contributed by atoms with Gasteiger partial charge in [0.1, 0.15) is 6.61 Å². The number of aliphatic hydroxyl groups is 1. The van der Waals surface area contributed by atoms with Gasteiger partial charge in [-0.15, -0.1) is 6.58 Å². The van der Waals surface area contributed by atoms with E-state index in [1.54, 1.807) is 24.3 Å². The lowest BCUT2D eigenvalue weighted by Crippen LogP contribution is -2.48. The molecule has 10 nitrogen and oxygen atoms in total. The zero-order valence-electron chi connectivity index (χ0n) is 17.1. The summed E-state index contributed by atoms with van der Waals surface area (Å²) < 4.78 is 34.2. The summed E-state index contributed by atoms with van der Waals surface area (Å²) in [7, 11) is -4.04. The van der Waals surface area contributed by atoms with E-state index in [2.05, 4.69) is 21.3 Å². The highest BCUT2D eigenvalue weighted by molar-refractivity contribution is 7.87. The summed E-state index contributed by atoms with van der Waals surface area (Å²) >= 11 is 0. The highest BCUT2D eigenvalue weighted by Gasteiger charge is 2.55. The van der Waals surface area contributed by atoms with Crippen LogP contribution in [0.3, 0.4) is 0 Å². The molecule has 1 fully saturated rings. The fourth-order valence-electron chi connectivity index (χ4n) is 3.19. The van der Waals surface area contributed by atoms with Gasteiger partial charge < -0.3 is 9.84 Å². The number of hydrogen-bond acceptors (Lipinski definition) is 6. The Bertz CT molecular complexity index is 909. The summed E-state index contributed by atoms with van der Waals surface area (Å²) in [6.45, 7) is 5.90. The minimum atomic E-state index is -4.04. The molecule has 2 atom stereocenters. The molecule has 1 heterocycles. The number of nitrogens with one attached hydrogen (secondary N) is 1. The van der Waals surface area contributed by atoms with Crippen LogP contribution in [0.15, 0.2) is 48.1 Å². The maximum atomic E-state index is 13.0. The van der Waals surface area contributed by atoms with Crippen molar-refractivity contribution < 1.29 is 23.1 Å². The quantitative estimate of drug-likeness (QED) is 0.189. The van der Waals surface area contributed by atoms with Crippen molar-refractivity contribution in [1.29, 1.82) is 0 Å².